The van der Waals surface area contributed by atoms with Crippen molar-refractivity contribution >= 4 is 50.6 Å². The van der Waals surface area contributed by atoms with Crippen molar-refractivity contribution in [2.45, 2.75) is 45.2 Å². The van der Waals surface area contributed by atoms with Crippen LogP contribution in [0.5, 0.6) is 0 Å². The van der Waals surface area contributed by atoms with E-state index in [1.54, 1.807) is 29.5 Å². The van der Waals surface area contributed by atoms with Crippen molar-refractivity contribution in [3.05, 3.63) is 58.0 Å². The quantitative estimate of drug-likeness (QED) is 0.467. The molecule has 1 aromatic carbocycles. The van der Waals surface area contributed by atoms with E-state index in [0.29, 0.717) is 30.6 Å². The number of nitrogens with one attached hydrogen (secondary N) is 1. The lowest BCUT2D eigenvalue weighted by atomic mass is 10.0. The molecule has 3 aromatic rings. The highest BCUT2D eigenvalue weighted by Crippen LogP contribution is 2.38. The number of nitrogens with zero attached hydrogens (tertiary/aromatic N) is 4. The Balaban J connectivity index is 1.30. The normalized spacial score (nSPS) is 19.0. The van der Waals surface area contributed by atoms with E-state index in [0.717, 1.165) is 34.6 Å². The van der Waals surface area contributed by atoms with Crippen LogP contribution in [0, 0.1) is 5.82 Å². The van der Waals surface area contributed by atoms with E-state index >= 15 is 0 Å². The highest BCUT2D eigenvalue weighted by Gasteiger charge is 2.26. The standard InChI is InChI=1S/C25H27ClFN5OS/c1-16-5-2-3-10-31(16)11-4-6-22(33)32-12-9-18-21(14-32)34-25-23(18)24(28-15-29-25)30-17-7-8-20(27)19(26)13-17/h4,6-8,13,15-16H,2-3,5,9-12,14H2,1H3,(H,28,29,30)/b6-4+. The number of rotatable bonds is 5. The summed E-state index contributed by atoms with van der Waals surface area (Å²) in [4.78, 5) is 28.1. The van der Waals surface area contributed by atoms with Gasteiger partial charge in [-0.3, -0.25) is 9.69 Å². The molecule has 0 bridgehead atoms. The smallest absolute Gasteiger partial charge is 0.246 e. The number of fused-ring (bicyclic) bond motifs is 3. The van der Waals surface area contributed by atoms with Crippen molar-refractivity contribution in [2.24, 2.45) is 0 Å². The van der Waals surface area contributed by atoms with Crippen LogP contribution in [-0.4, -0.2) is 51.4 Å². The fraction of sp³-hybridized carbons (Fsp3) is 0.400. The van der Waals surface area contributed by atoms with Crippen LogP contribution in [0.15, 0.2) is 36.7 Å². The minimum absolute atomic E-state index is 0.0538. The zero-order chi connectivity index (χ0) is 23.7. The van der Waals surface area contributed by atoms with E-state index in [9.17, 15) is 9.18 Å². The molecule has 0 spiro atoms. The molecule has 1 amide bonds. The van der Waals surface area contributed by atoms with Crippen LogP contribution in [0.3, 0.4) is 0 Å². The molecule has 1 N–H and O–H groups in total. The van der Waals surface area contributed by atoms with Crippen molar-refractivity contribution in [1.82, 2.24) is 19.8 Å². The third-order valence-electron chi connectivity index (χ3n) is 6.67. The maximum absolute atomic E-state index is 13.5. The van der Waals surface area contributed by atoms with Gasteiger partial charge in [0.15, 0.2) is 0 Å². The van der Waals surface area contributed by atoms with Crippen LogP contribution in [0.1, 0.15) is 36.6 Å². The Morgan fingerprint density at radius 2 is 2.21 bits per heavy atom. The molecule has 6 nitrogen and oxygen atoms in total. The number of carbonyl (C=O) groups excluding carboxylic acids is 1. The SMILES string of the molecule is CC1CCCCN1C/C=C/C(=O)N1CCc2c(sc3ncnc(Nc4ccc(F)c(Cl)c4)c23)C1. The summed E-state index contributed by atoms with van der Waals surface area (Å²) in [6.45, 7) is 5.42. The van der Waals surface area contributed by atoms with Crippen molar-refractivity contribution in [2.75, 3.05) is 25.0 Å². The maximum atomic E-state index is 13.5. The van der Waals surface area contributed by atoms with E-state index in [2.05, 4.69) is 27.1 Å². The molecule has 0 aliphatic carbocycles. The first-order valence-electron chi connectivity index (χ1n) is 11.7. The Hall–Kier alpha value is -2.55. The molecule has 1 atom stereocenters. The predicted molar refractivity (Wildman–Crippen MR) is 135 cm³/mol. The Morgan fingerprint density at radius 3 is 3.03 bits per heavy atom. The van der Waals surface area contributed by atoms with Gasteiger partial charge in [0.1, 0.15) is 22.8 Å². The van der Waals surface area contributed by atoms with Gasteiger partial charge in [-0.15, -0.1) is 11.3 Å². The average molecular weight is 500 g/mol. The fourth-order valence-corrected chi connectivity index (χ4v) is 6.13. The first-order chi connectivity index (χ1) is 16.5. The number of piperidine rings is 1. The summed E-state index contributed by atoms with van der Waals surface area (Å²) in [5.41, 5.74) is 1.83. The molecule has 1 unspecified atom stereocenters. The first kappa shape index (κ1) is 23.2. The second kappa shape index (κ2) is 9.98. The lowest BCUT2D eigenvalue weighted by molar-refractivity contribution is -0.126. The summed E-state index contributed by atoms with van der Waals surface area (Å²) in [6, 6.07) is 5.08. The summed E-state index contributed by atoms with van der Waals surface area (Å²) in [5.74, 6) is 0.260. The molecular weight excluding hydrogens is 473 g/mol. The summed E-state index contributed by atoms with van der Waals surface area (Å²) >= 11 is 7.53. The number of benzene rings is 1. The molecule has 1 fully saturated rings. The number of carbonyl (C=O) groups is 1. The number of thiophene rings is 1. The van der Waals surface area contributed by atoms with Crippen LogP contribution in [0.2, 0.25) is 5.02 Å². The molecule has 5 rings (SSSR count). The summed E-state index contributed by atoms with van der Waals surface area (Å²) in [6.07, 6.45) is 9.76. The number of aromatic nitrogens is 2. The largest absolute Gasteiger partial charge is 0.340 e. The molecule has 2 aliphatic heterocycles. The molecule has 178 valence electrons. The number of anilines is 2. The van der Waals surface area contributed by atoms with Gasteiger partial charge < -0.3 is 10.2 Å². The average Bonchev–Trinajstić information content (AvgIpc) is 3.21. The summed E-state index contributed by atoms with van der Waals surface area (Å²) in [7, 11) is 0. The zero-order valence-corrected chi connectivity index (χ0v) is 20.6. The molecular formula is C25H27ClFN5OS. The molecule has 34 heavy (non-hydrogen) atoms. The van der Waals surface area contributed by atoms with Crippen LogP contribution in [-0.2, 0) is 17.8 Å². The highest BCUT2D eigenvalue weighted by atomic mass is 35.5. The van der Waals surface area contributed by atoms with Crippen molar-refractivity contribution in [1.29, 1.82) is 0 Å². The van der Waals surface area contributed by atoms with Crippen LogP contribution < -0.4 is 5.32 Å². The lowest BCUT2D eigenvalue weighted by Gasteiger charge is -2.32. The molecule has 1 saturated heterocycles. The second-order valence-electron chi connectivity index (χ2n) is 8.91. The molecule has 0 radical (unpaired) electrons. The molecule has 0 saturated carbocycles. The van der Waals surface area contributed by atoms with Gasteiger partial charge >= 0.3 is 0 Å². The Morgan fingerprint density at radius 1 is 1.32 bits per heavy atom. The third-order valence-corrected chi connectivity index (χ3v) is 8.09. The lowest BCUT2D eigenvalue weighted by Crippen LogP contribution is -2.37. The van der Waals surface area contributed by atoms with Crippen molar-refractivity contribution in [3.63, 3.8) is 0 Å². The fourth-order valence-electron chi connectivity index (χ4n) is 4.74. The van der Waals surface area contributed by atoms with Gasteiger partial charge in [0, 0.05) is 35.8 Å². The van der Waals surface area contributed by atoms with Crippen LogP contribution in [0.25, 0.3) is 10.2 Å². The van der Waals surface area contributed by atoms with Gasteiger partial charge in [0.2, 0.25) is 5.91 Å². The van der Waals surface area contributed by atoms with Gasteiger partial charge in [-0.05, 0) is 56.5 Å². The van der Waals surface area contributed by atoms with E-state index < -0.39 is 5.82 Å². The van der Waals surface area contributed by atoms with E-state index in [-0.39, 0.29) is 10.9 Å². The Labute approximate surface area is 207 Å². The molecule has 9 heteroatoms. The number of hydrogen-bond donors (Lipinski definition) is 1. The first-order valence-corrected chi connectivity index (χ1v) is 12.9. The number of hydrogen-bond acceptors (Lipinski definition) is 6. The zero-order valence-electron chi connectivity index (χ0n) is 19.1. The second-order valence-corrected chi connectivity index (χ2v) is 10.4. The number of amides is 1. The Kier molecular flexibility index (Phi) is 6.81. The third kappa shape index (κ3) is 4.80. The van der Waals surface area contributed by atoms with E-state index in [1.807, 2.05) is 11.0 Å². The number of likely N-dealkylation sites (tertiary alicyclic amines) is 1. The van der Waals surface area contributed by atoms with Gasteiger partial charge in [0.25, 0.3) is 0 Å². The maximum Gasteiger partial charge on any atom is 0.246 e. The van der Waals surface area contributed by atoms with Gasteiger partial charge in [-0.2, -0.15) is 0 Å². The topological polar surface area (TPSA) is 61.4 Å². The highest BCUT2D eigenvalue weighted by molar-refractivity contribution is 7.19. The minimum atomic E-state index is -0.461. The summed E-state index contributed by atoms with van der Waals surface area (Å²) < 4.78 is 13.5. The predicted octanol–water partition coefficient (Wildman–Crippen LogP) is 5.54. The van der Waals surface area contributed by atoms with Gasteiger partial charge in [-0.25, -0.2) is 14.4 Å². The van der Waals surface area contributed by atoms with Gasteiger partial charge in [0.05, 0.1) is 17.0 Å². The molecule has 2 aromatic heterocycles. The van der Waals surface area contributed by atoms with Crippen LogP contribution in [0.4, 0.5) is 15.9 Å². The monoisotopic (exact) mass is 499 g/mol. The minimum Gasteiger partial charge on any atom is -0.340 e. The van der Waals surface area contributed by atoms with Gasteiger partial charge in [-0.1, -0.05) is 24.1 Å². The Bertz CT molecular complexity index is 1250. The van der Waals surface area contributed by atoms with E-state index in [1.165, 1.54) is 37.2 Å². The van der Waals surface area contributed by atoms with E-state index in [4.69, 9.17) is 11.6 Å². The van der Waals surface area contributed by atoms with Crippen molar-refractivity contribution < 1.29 is 9.18 Å². The van der Waals surface area contributed by atoms with Crippen molar-refractivity contribution in [3.8, 4) is 0 Å². The van der Waals surface area contributed by atoms with Crippen LogP contribution >= 0.6 is 22.9 Å². The molecule has 2 aliphatic rings. The summed E-state index contributed by atoms with van der Waals surface area (Å²) in [5, 5.41) is 4.27. The molecule has 4 heterocycles. The number of halogens is 2.